The summed E-state index contributed by atoms with van der Waals surface area (Å²) < 4.78 is 114. The van der Waals surface area contributed by atoms with Crippen LogP contribution < -0.4 is 0 Å². The van der Waals surface area contributed by atoms with Crippen LogP contribution in [0.1, 0.15) is 25.7 Å². The molecule has 32 heteroatoms. The molecule has 6 rings (SSSR count). The Morgan fingerprint density at radius 2 is 0.649 bits per heavy atom. The highest BCUT2D eigenvalue weighted by Crippen LogP contribution is 2.25. The lowest BCUT2D eigenvalue weighted by molar-refractivity contribution is -0.897. The van der Waals surface area contributed by atoms with Gasteiger partial charge in [-0.25, -0.2) is 46.8 Å². The van der Waals surface area contributed by atoms with Crippen LogP contribution >= 0.6 is 0 Å². The second-order valence-electron chi connectivity index (χ2n) is 13.1. The van der Waals surface area contributed by atoms with Crippen LogP contribution in [0, 0.1) is 0 Å². The lowest BCUT2D eigenvalue weighted by Gasteiger charge is -2.28. The molecular weight excluding hydrogens is 846 g/mol. The van der Waals surface area contributed by atoms with Crippen LogP contribution in [0.3, 0.4) is 0 Å². The maximum atomic E-state index is 10.7. The lowest BCUT2D eigenvalue weighted by atomic mass is 10.1. The van der Waals surface area contributed by atoms with Crippen molar-refractivity contribution in [3.05, 3.63) is 0 Å². The van der Waals surface area contributed by atoms with Crippen LogP contribution in [0.4, 0.5) is 0 Å². The SMILES string of the molecule is CS(=O)(=O)[O-].C[N+]1(CCOS(C)(=O)=O)CCCC1.C[N+]1(CCOS(C)(=O)=O)CCCC1.O=C1O[B-]2(OC1=O)OC(=O)C(=O)O2.O=C1O[B-]2(OC1=O)OC(=O)C(=O)O2. The van der Waals surface area contributed by atoms with Crippen molar-refractivity contribution >= 4 is 92.0 Å². The maximum absolute atomic E-state index is 10.7. The van der Waals surface area contributed by atoms with Gasteiger partial charge >= 0.3 is 61.7 Å². The van der Waals surface area contributed by atoms with Gasteiger partial charge < -0.3 is 50.8 Å². The van der Waals surface area contributed by atoms with Crippen molar-refractivity contribution in [1.29, 1.82) is 0 Å². The summed E-state index contributed by atoms with van der Waals surface area (Å²) >= 11 is 0. The molecule has 0 aromatic carbocycles. The number of carbonyl (C=O) groups excluding carboxylic acids is 8. The summed E-state index contributed by atoms with van der Waals surface area (Å²) in [5.41, 5.74) is 0. The first-order valence-corrected chi connectivity index (χ1v) is 21.7. The van der Waals surface area contributed by atoms with Crippen molar-refractivity contribution in [2.75, 3.05) is 85.3 Å². The molecule has 6 aliphatic rings. The minimum absolute atomic E-state index is 0.315. The second-order valence-corrected chi connectivity index (χ2v) is 17.8. The van der Waals surface area contributed by atoms with Crippen LogP contribution in [0.25, 0.3) is 0 Å². The fourth-order valence-corrected chi connectivity index (χ4v) is 5.94. The number of hydrogen-bond acceptors (Lipinski definition) is 25. The first-order chi connectivity index (χ1) is 25.9. The van der Waals surface area contributed by atoms with Crippen LogP contribution in [-0.2, 0) is 114 Å². The Balaban J connectivity index is 0.000000252. The zero-order valence-corrected chi connectivity index (χ0v) is 33.4. The maximum Gasteiger partial charge on any atom is 0.786 e. The van der Waals surface area contributed by atoms with Gasteiger partial charge in [0.25, 0.3) is 20.2 Å². The van der Waals surface area contributed by atoms with Gasteiger partial charge in [0.2, 0.25) is 0 Å². The largest absolute Gasteiger partial charge is 0.786 e. The Hall–Kier alpha value is -4.46. The number of likely N-dealkylation sites (tertiary alicyclic amines) is 2. The Bertz CT molecular complexity index is 1670. The Morgan fingerprint density at radius 1 is 0.474 bits per heavy atom. The average molecular weight is 885 g/mol. The van der Waals surface area contributed by atoms with Gasteiger partial charge in [-0.1, -0.05) is 0 Å². The highest BCUT2D eigenvalue weighted by molar-refractivity contribution is 7.86. The van der Waals surface area contributed by atoms with E-state index in [1.54, 1.807) is 0 Å². The first-order valence-electron chi connectivity index (χ1n) is 16.2. The molecule has 0 aromatic heterocycles. The zero-order chi connectivity index (χ0) is 43.7. The number of carbonyl (C=O) groups is 8. The second kappa shape index (κ2) is 18.9. The van der Waals surface area contributed by atoms with Gasteiger partial charge in [0.05, 0.1) is 62.9 Å². The molecule has 324 valence electrons. The van der Waals surface area contributed by atoms with E-state index in [9.17, 15) is 55.2 Å². The molecule has 0 N–H and O–H groups in total. The summed E-state index contributed by atoms with van der Waals surface area (Å²) in [5.74, 6) is -11.0. The van der Waals surface area contributed by atoms with Crippen molar-refractivity contribution in [3.63, 3.8) is 0 Å². The van der Waals surface area contributed by atoms with E-state index in [2.05, 4.69) is 51.3 Å². The summed E-state index contributed by atoms with van der Waals surface area (Å²) in [6.07, 6.45) is 7.77. The number of hydrogen-bond donors (Lipinski definition) is 0. The molecule has 6 heterocycles. The number of rotatable bonds is 8. The third-order valence-electron chi connectivity index (χ3n) is 7.83. The molecule has 0 aliphatic carbocycles. The standard InChI is InChI=1S/2C8H18NO3S.2C4BO8.CH4O3S/c2*1-9(5-3-4-6-9)7-8-12-13(2,10)11;2*6-1-2(7)11-5(10-1)12-3(8)4(9)13-5;1-5(2,3)4/h2*3-8H2,1-2H3;;;1H3,(H,2,3,4)/q2*+1;2*-1;/p-1. The van der Waals surface area contributed by atoms with Crippen molar-refractivity contribution in [2.24, 2.45) is 0 Å². The van der Waals surface area contributed by atoms with E-state index >= 15 is 0 Å². The van der Waals surface area contributed by atoms with Crippen LogP contribution in [0.2, 0.25) is 0 Å². The molecule has 0 unspecified atom stereocenters. The van der Waals surface area contributed by atoms with Gasteiger partial charge in [0.1, 0.15) is 26.3 Å². The minimum Gasteiger partial charge on any atom is -0.748 e. The average Bonchev–Trinajstić information content (AvgIpc) is 3.86. The monoisotopic (exact) mass is 885 g/mol. The van der Waals surface area contributed by atoms with Crippen molar-refractivity contribution in [2.45, 2.75) is 25.7 Å². The highest BCUT2D eigenvalue weighted by Gasteiger charge is 2.61. The number of likely N-dealkylation sites (N-methyl/N-ethyl adjacent to an activating group) is 2. The summed E-state index contributed by atoms with van der Waals surface area (Å²) in [7, 11) is -6.12. The van der Waals surface area contributed by atoms with E-state index < -0.39 is 92.0 Å². The van der Waals surface area contributed by atoms with E-state index in [0.29, 0.717) is 19.5 Å². The fraction of sp³-hybridized carbons (Fsp3) is 0.680. The Kier molecular flexibility index (Phi) is 16.1. The van der Waals surface area contributed by atoms with Gasteiger partial charge in [-0.3, -0.25) is 8.37 Å². The molecule has 0 saturated carbocycles. The summed E-state index contributed by atoms with van der Waals surface area (Å²) in [6.45, 7) is 0.218. The van der Waals surface area contributed by atoms with E-state index in [1.165, 1.54) is 25.7 Å². The molecule has 2 spiro atoms. The van der Waals surface area contributed by atoms with Crippen LogP contribution in [0.5, 0.6) is 0 Å². The summed E-state index contributed by atoms with van der Waals surface area (Å²) in [6, 6.07) is 0. The Labute approximate surface area is 325 Å². The van der Waals surface area contributed by atoms with Crippen molar-refractivity contribution < 1.29 is 123 Å². The molecule has 0 radical (unpaired) electrons. The molecule has 6 aliphatic heterocycles. The molecule has 0 aromatic rings. The molecule has 57 heavy (non-hydrogen) atoms. The molecule has 27 nitrogen and oxygen atoms in total. The third-order valence-corrected chi connectivity index (χ3v) is 9.02. The first kappa shape index (κ1) is 48.7. The normalized spacial score (nSPS) is 22.0. The van der Waals surface area contributed by atoms with Gasteiger partial charge in [0.15, 0.2) is 0 Å². The molecule has 0 bridgehead atoms. The van der Waals surface area contributed by atoms with E-state index in [0.717, 1.165) is 60.7 Å². The molecular formula is C25H39B2N2O25S3-. The fourth-order valence-electron chi connectivity index (χ4n) is 5.19. The highest BCUT2D eigenvalue weighted by atomic mass is 32.2. The molecule has 0 amide bonds. The van der Waals surface area contributed by atoms with E-state index in [4.69, 9.17) is 21.3 Å². The summed E-state index contributed by atoms with van der Waals surface area (Å²) in [4.78, 5) is 83.9. The van der Waals surface area contributed by atoms with Crippen molar-refractivity contribution in [3.8, 4) is 0 Å². The molecule has 6 fully saturated rings. The molecule has 0 atom stereocenters. The van der Waals surface area contributed by atoms with Gasteiger partial charge in [-0.2, -0.15) is 16.8 Å². The molecule has 6 saturated heterocycles. The van der Waals surface area contributed by atoms with Crippen LogP contribution in [0.15, 0.2) is 0 Å². The zero-order valence-electron chi connectivity index (χ0n) is 31.0. The number of quaternary nitrogens is 2. The lowest BCUT2D eigenvalue weighted by Crippen LogP contribution is -2.43. The minimum atomic E-state index is -3.92. The summed E-state index contributed by atoms with van der Waals surface area (Å²) in [5, 5.41) is 0. The predicted molar refractivity (Wildman–Crippen MR) is 177 cm³/mol. The van der Waals surface area contributed by atoms with Gasteiger partial charge in [0, 0.05) is 31.9 Å². The van der Waals surface area contributed by atoms with E-state index in [1.807, 2.05) is 0 Å². The van der Waals surface area contributed by atoms with Crippen molar-refractivity contribution in [1.82, 2.24) is 0 Å². The predicted octanol–water partition coefficient (Wildman–Crippen LogP) is -5.19. The van der Waals surface area contributed by atoms with E-state index in [-0.39, 0.29) is 0 Å². The third kappa shape index (κ3) is 17.3. The Morgan fingerprint density at radius 3 is 0.807 bits per heavy atom. The topological polar surface area (TPSA) is 354 Å². The number of nitrogens with zero attached hydrogens (tertiary/aromatic N) is 2. The van der Waals surface area contributed by atoms with Gasteiger partial charge in [-0.05, 0) is 0 Å². The quantitative estimate of drug-likeness (QED) is 0.0723. The smallest absolute Gasteiger partial charge is 0.748 e. The van der Waals surface area contributed by atoms with Crippen LogP contribution in [-0.4, -0.2) is 186 Å². The van der Waals surface area contributed by atoms with Gasteiger partial charge in [-0.15, -0.1) is 0 Å².